The SMILES string of the molecule is [Li+].[O-]C1(O)c2ccccc2-c2cnccc21. The monoisotopic (exact) mass is 205 g/mol. The molecule has 0 fully saturated rings. The molecular formula is C12H8LiNO2. The van der Waals surface area contributed by atoms with E-state index in [2.05, 4.69) is 4.98 Å². The fourth-order valence-electron chi connectivity index (χ4n) is 2.06. The fraction of sp³-hybridized carbons (Fsp3) is 0.0833. The summed E-state index contributed by atoms with van der Waals surface area (Å²) < 4.78 is 0. The van der Waals surface area contributed by atoms with Crippen molar-refractivity contribution < 1.29 is 29.1 Å². The first-order valence-corrected chi connectivity index (χ1v) is 4.68. The van der Waals surface area contributed by atoms with Gasteiger partial charge in [0, 0.05) is 23.7 Å². The van der Waals surface area contributed by atoms with Crippen LogP contribution < -0.4 is 24.0 Å². The minimum Gasteiger partial charge on any atom is -0.821 e. The molecule has 1 atom stereocenters. The Labute approximate surface area is 105 Å². The van der Waals surface area contributed by atoms with E-state index in [1.54, 1.807) is 24.4 Å². The molecule has 0 radical (unpaired) electrons. The Bertz CT molecular complexity index is 493. The van der Waals surface area contributed by atoms with Crippen LogP contribution in [0.1, 0.15) is 11.1 Å². The van der Waals surface area contributed by atoms with Crippen molar-refractivity contribution in [3.63, 3.8) is 0 Å². The number of nitrogens with zero attached hydrogens (tertiary/aromatic N) is 1. The third-order valence-corrected chi connectivity index (χ3v) is 2.77. The van der Waals surface area contributed by atoms with Gasteiger partial charge >= 0.3 is 18.9 Å². The zero-order valence-electron chi connectivity index (χ0n) is 8.84. The van der Waals surface area contributed by atoms with Gasteiger partial charge in [-0.05, 0) is 22.8 Å². The number of rotatable bonds is 0. The number of fused-ring (bicyclic) bond motifs is 3. The van der Waals surface area contributed by atoms with Gasteiger partial charge in [-0.1, -0.05) is 24.3 Å². The van der Waals surface area contributed by atoms with Crippen LogP contribution in [0.4, 0.5) is 0 Å². The summed E-state index contributed by atoms with van der Waals surface area (Å²) in [4.78, 5) is 3.97. The Kier molecular flexibility index (Phi) is 2.65. The molecule has 74 valence electrons. The van der Waals surface area contributed by atoms with Gasteiger partial charge in [0.25, 0.3) is 0 Å². The third kappa shape index (κ3) is 1.34. The van der Waals surface area contributed by atoms with E-state index in [0.717, 1.165) is 11.1 Å². The number of benzene rings is 1. The summed E-state index contributed by atoms with van der Waals surface area (Å²) in [5.41, 5.74) is 2.30. The van der Waals surface area contributed by atoms with Crippen molar-refractivity contribution in [3.8, 4) is 11.1 Å². The van der Waals surface area contributed by atoms with Crippen LogP contribution in [-0.2, 0) is 5.79 Å². The van der Waals surface area contributed by atoms with Gasteiger partial charge < -0.3 is 10.2 Å². The number of hydrogen-bond donors (Lipinski definition) is 1. The zero-order valence-corrected chi connectivity index (χ0v) is 8.84. The van der Waals surface area contributed by atoms with E-state index in [1.165, 1.54) is 6.20 Å². The quantitative estimate of drug-likeness (QED) is 0.386. The molecule has 0 aliphatic heterocycles. The summed E-state index contributed by atoms with van der Waals surface area (Å²) in [6.07, 6.45) is 3.14. The molecule has 1 aliphatic rings. The van der Waals surface area contributed by atoms with E-state index < -0.39 is 5.79 Å². The summed E-state index contributed by atoms with van der Waals surface area (Å²) in [7, 11) is 0. The molecule has 3 nitrogen and oxygen atoms in total. The molecule has 1 N–H and O–H groups in total. The Morgan fingerprint density at radius 2 is 1.75 bits per heavy atom. The smallest absolute Gasteiger partial charge is 0.821 e. The predicted octanol–water partition coefficient (Wildman–Crippen LogP) is -2.38. The molecule has 1 heterocycles. The Balaban J connectivity index is 0.000000963. The van der Waals surface area contributed by atoms with Crippen LogP contribution in [-0.4, -0.2) is 10.1 Å². The molecule has 1 unspecified atom stereocenters. The summed E-state index contributed by atoms with van der Waals surface area (Å²) >= 11 is 0. The predicted molar refractivity (Wildman–Crippen MR) is 52.7 cm³/mol. The van der Waals surface area contributed by atoms with Crippen LogP contribution >= 0.6 is 0 Å². The third-order valence-electron chi connectivity index (χ3n) is 2.77. The Morgan fingerprint density at radius 3 is 2.56 bits per heavy atom. The van der Waals surface area contributed by atoms with Crippen molar-refractivity contribution in [1.29, 1.82) is 0 Å². The van der Waals surface area contributed by atoms with E-state index in [1.807, 2.05) is 12.1 Å². The van der Waals surface area contributed by atoms with Crippen molar-refractivity contribution in [2.45, 2.75) is 5.79 Å². The van der Waals surface area contributed by atoms with E-state index in [9.17, 15) is 10.2 Å². The largest absolute Gasteiger partial charge is 1.00 e. The Morgan fingerprint density at radius 1 is 1.06 bits per heavy atom. The fourth-order valence-corrected chi connectivity index (χ4v) is 2.06. The number of pyridine rings is 1. The maximum Gasteiger partial charge on any atom is 1.00 e. The molecule has 2 aromatic rings. The molecular weight excluding hydrogens is 197 g/mol. The number of aromatic nitrogens is 1. The number of aliphatic hydroxyl groups is 1. The van der Waals surface area contributed by atoms with E-state index in [0.29, 0.717) is 11.1 Å². The maximum absolute atomic E-state index is 12.1. The van der Waals surface area contributed by atoms with Gasteiger partial charge in [-0.25, -0.2) is 0 Å². The van der Waals surface area contributed by atoms with Crippen molar-refractivity contribution in [3.05, 3.63) is 53.9 Å². The minimum atomic E-state index is -2.13. The molecule has 3 rings (SSSR count). The Hall–Kier alpha value is -1.11. The molecule has 0 amide bonds. The first kappa shape index (κ1) is 11.4. The first-order chi connectivity index (χ1) is 7.21. The second-order valence-corrected chi connectivity index (χ2v) is 3.61. The van der Waals surface area contributed by atoms with Crippen LogP contribution in [0.25, 0.3) is 11.1 Å². The van der Waals surface area contributed by atoms with Crippen LogP contribution in [0.5, 0.6) is 0 Å². The maximum atomic E-state index is 12.1. The normalized spacial score (nSPS) is 20.9. The molecule has 0 bridgehead atoms. The van der Waals surface area contributed by atoms with E-state index in [-0.39, 0.29) is 18.9 Å². The van der Waals surface area contributed by atoms with Crippen molar-refractivity contribution >= 4 is 0 Å². The molecule has 4 heteroatoms. The van der Waals surface area contributed by atoms with Crippen LogP contribution in [0.3, 0.4) is 0 Å². The van der Waals surface area contributed by atoms with Crippen LogP contribution in [0, 0.1) is 0 Å². The summed E-state index contributed by atoms with van der Waals surface area (Å²) in [6.45, 7) is 0. The van der Waals surface area contributed by atoms with Crippen LogP contribution in [0.2, 0.25) is 0 Å². The average molecular weight is 205 g/mol. The number of hydrogen-bond acceptors (Lipinski definition) is 3. The van der Waals surface area contributed by atoms with Gasteiger partial charge in [0.15, 0.2) is 0 Å². The van der Waals surface area contributed by atoms with Crippen molar-refractivity contribution in [2.24, 2.45) is 0 Å². The topological polar surface area (TPSA) is 56.2 Å². The summed E-state index contributed by atoms with van der Waals surface area (Å²) in [5.74, 6) is -2.13. The molecule has 0 spiro atoms. The molecule has 0 saturated heterocycles. The molecule has 0 saturated carbocycles. The van der Waals surface area contributed by atoms with Gasteiger partial charge in [0.2, 0.25) is 0 Å². The molecule has 1 aromatic heterocycles. The second kappa shape index (κ2) is 3.72. The van der Waals surface area contributed by atoms with Gasteiger partial charge in [0.1, 0.15) is 0 Å². The first-order valence-electron chi connectivity index (χ1n) is 4.68. The zero-order chi connectivity index (χ0) is 10.5. The van der Waals surface area contributed by atoms with E-state index in [4.69, 9.17) is 0 Å². The van der Waals surface area contributed by atoms with Crippen LogP contribution in [0.15, 0.2) is 42.7 Å². The van der Waals surface area contributed by atoms with Gasteiger partial charge in [-0.3, -0.25) is 4.98 Å². The standard InChI is InChI=1S/C12H8NO2.Li/c14-12(15)10-4-2-1-3-8(10)9-7-13-6-5-11(9)12;/h1-7,14H;/q-1;+1. The summed E-state index contributed by atoms with van der Waals surface area (Å²) in [6, 6.07) is 8.65. The van der Waals surface area contributed by atoms with Gasteiger partial charge in [0.05, 0.1) is 0 Å². The minimum absolute atomic E-state index is 0. The van der Waals surface area contributed by atoms with E-state index >= 15 is 0 Å². The summed E-state index contributed by atoms with van der Waals surface area (Å²) in [5, 5.41) is 22.0. The van der Waals surface area contributed by atoms with Gasteiger partial charge in [-0.15, -0.1) is 0 Å². The molecule has 1 aromatic carbocycles. The van der Waals surface area contributed by atoms with Crippen molar-refractivity contribution in [1.82, 2.24) is 4.98 Å². The van der Waals surface area contributed by atoms with Crippen molar-refractivity contribution in [2.75, 3.05) is 0 Å². The molecule has 16 heavy (non-hydrogen) atoms. The molecule has 1 aliphatic carbocycles. The van der Waals surface area contributed by atoms with Gasteiger partial charge in [-0.2, -0.15) is 0 Å². The average Bonchev–Trinajstić information content (AvgIpc) is 2.51. The second-order valence-electron chi connectivity index (χ2n) is 3.61.